The lowest BCUT2D eigenvalue weighted by Gasteiger charge is -2.44. The fourth-order valence-electron chi connectivity index (χ4n) is 6.57. The van der Waals surface area contributed by atoms with Crippen molar-refractivity contribution in [2.24, 2.45) is 35.0 Å². The zero-order valence-electron chi connectivity index (χ0n) is 17.4. The monoisotopic (exact) mass is 354 g/mol. The quantitative estimate of drug-likeness (QED) is 0.502. The van der Waals surface area contributed by atoms with Gasteiger partial charge in [-0.25, -0.2) is 0 Å². The maximum atomic E-state index is 11.0. The summed E-state index contributed by atoms with van der Waals surface area (Å²) in [7, 11) is 0. The normalized spacial score (nSPS) is 42.1. The van der Waals surface area contributed by atoms with Crippen molar-refractivity contribution in [3.63, 3.8) is 0 Å². The van der Waals surface area contributed by atoms with Crippen LogP contribution in [0.1, 0.15) is 79.1 Å². The van der Waals surface area contributed by atoms with Gasteiger partial charge in [0.1, 0.15) is 6.29 Å². The molecule has 6 atom stereocenters. The van der Waals surface area contributed by atoms with Crippen LogP contribution < -0.4 is 0 Å². The Hall–Kier alpha value is -1.11. The lowest BCUT2D eigenvalue weighted by Crippen LogP contribution is -2.36. The zero-order valence-corrected chi connectivity index (χ0v) is 17.4. The SMILES string of the molecule is C=C1/C(=C\C=C2/CCC[C@]3(C)[C@@H](C(C)CC=O)CC[C@@H]23)C[C@@H](C)C[C@@H]1C. The molecule has 3 aliphatic rings. The van der Waals surface area contributed by atoms with Gasteiger partial charge in [-0.05, 0) is 91.1 Å². The maximum Gasteiger partial charge on any atom is 0.120 e. The Bertz CT molecular complexity index is 610. The maximum absolute atomic E-state index is 11.0. The van der Waals surface area contributed by atoms with Crippen molar-refractivity contribution in [3.05, 3.63) is 35.5 Å². The van der Waals surface area contributed by atoms with Gasteiger partial charge in [0.05, 0.1) is 0 Å². The third-order valence-electron chi connectivity index (χ3n) is 8.02. The minimum atomic E-state index is 0.398. The molecule has 0 N–H and O–H groups in total. The highest BCUT2D eigenvalue weighted by atomic mass is 16.1. The van der Waals surface area contributed by atoms with E-state index >= 15 is 0 Å². The van der Waals surface area contributed by atoms with Crippen LogP contribution in [-0.4, -0.2) is 6.29 Å². The van der Waals surface area contributed by atoms with Crippen molar-refractivity contribution >= 4 is 6.29 Å². The van der Waals surface area contributed by atoms with E-state index in [1.54, 1.807) is 5.57 Å². The van der Waals surface area contributed by atoms with Gasteiger partial charge in [0.15, 0.2) is 0 Å². The van der Waals surface area contributed by atoms with E-state index in [9.17, 15) is 4.79 Å². The first-order valence-electron chi connectivity index (χ1n) is 10.9. The molecular formula is C25H38O. The topological polar surface area (TPSA) is 17.1 Å². The molecule has 1 nitrogen and oxygen atoms in total. The molecule has 1 unspecified atom stereocenters. The molecule has 3 fully saturated rings. The highest BCUT2D eigenvalue weighted by molar-refractivity contribution is 5.49. The summed E-state index contributed by atoms with van der Waals surface area (Å²) in [5, 5.41) is 0. The molecule has 3 rings (SSSR count). The Labute approximate surface area is 161 Å². The van der Waals surface area contributed by atoms with Crippen LogP contribution in [0.15, 0.2) is 35.5 Å². The highest BCUT2D eigenvalue weighted by Gasteiger charge is 2.50. The molecule has 0 aromatic heterocycles. The first-order valence-corrected chi connectivity index (χ1v) is 10.9. The summed E-state index contributed by atoms with van der Waals surface area (Å²) in [5.41, 5.74) is 4.92. The van der Waals surface area contributed by atoms with Crippen molar-refractivity contribution in [1.29, 1.82) is 0 Å². The average molecular weight is 355 g/mol. The van der Waals surface area contributed by atoms with E-state index in [4.69, 9.17) is 0 Å². The van der Waals surface area contributed by atoms with Crippen LogP contribution >= 0.6 is 0 Å². The van der Waals surface area contributed by atoms with E-state index < -0.39 is 0 Å². The molecule has 3 saturated carbocycles. The van der Waals surface area contributed by atoms with Gasteiger partial charge in [0.2, 0.25) is 0 Å². The molecule has 26 heavy (non-hydrogen) atoms. The van der Waals surface area contributed by atoms with Crippen molar-refractivity contribution in [2.75, 3.05) is 0 Å². The van der Waals surface area contributed by atoms with E-state index in [-0.39, 0.29) is 0 Å². The summed E-state index contributed by atoms with van der Waals surface area (Å²) < 4.78 is 0. The number of hydrogen-bond acceptors (Lipinski definition) is 1. The van der Waals surface area contributed by atoms with Crippen LogP contribution in [-0.2, 0) is 4.79 Å². The molecule has 0 amide bonds. The Balaban J connectivity index is 1.81. The van der Waals surface area contributed by atoms with Gasteiger partial charge in [-0.2, -0.15) is 0 Å². The third-order valence-corrected chi connectivity index (χ3v) is 8.02. The number of hydrogen-bond donors (Lipinski definition) is 0. The molecule has 0 aliphatic heterocycles. The number of carbonyl (C=O) groups is 1. The standard InChI is InChI=1S/C25H38O/c1-17-15-19(3)20(4)22(16-17)9-8-21-7-6-13-25(5)23(10-11-24(21)25)18(2)12-14-26/h8-9,14,17-19,23-24H,4,6-7,10-13,15-16H2,1-3,5H3/b21-8+,22-9-/t17-,18?,19-,23+,24-,25+/m0/s1. The van der Waals surface area contributed by atoms with Crippen molar-refractivity contribution < 1.29 is 4.79 Å². The molecular weight excluding hydrogens is 316 g/mol. The molecule has 0 aromatic carbocycles. The first kappa shape index (κ1) is 19.6. The molecule has 0 saturated heterocycles. The smallest absolute Gasteiger partial charge is 0.120 e. The largest absolute Gasteiger partial charge is 0.303 e. The van der Waals surface area contributed by atoms with Gasteiger partial charge in [0.25, 0.3) is 0 Å². The second-order valence-corrected chi connectivity index (χ2v) is 9.88. The molecule has 0 radical (unpaired) electrons. The lowest BCUT2D eigenvalue weighted by atomic mass is 9.61. The number of aldehydes is 1. The van der Waals surface area contributed by atoms with Crippen LogP contribution in [0, 0.1) is 35.0 Å². The van der Waals surface area contributed by atoms with Gasteiger partial charge in [-0.15, -0.1) is 0 Å². The summed E-state index contributed by atoms with van der Waals surface area (Å²) in [5.74, 6) is 3.36. The molecule has 0 heterocycles. The van der Waals surface area contributed by atoms with Crippen LogP contribution in [0.2, 0.25) is 0 Å². The van der Waals surface area contributed by atoms with Crippen molar-refractivity contribution in [1.82, 2.24) is 0 Å². The van der Waals surface area contributed by atoms with E-state index in [0.717, 1.165) is 24.5 Å². The lowest BCUT2D eigenvalue weighted by molar-refractivity contribution is -0.109. The fraction of sp³-hybridized carbons (Fsp3) is 0.720. The van der Waals surface area contributed by atoms with Crippen LogP contribution in [0.5, 0.6) is 0 Å². The number of rotatable bonds is 4. The highest BCUT2D eigenvalue weighted by Crippen LogP contribution is 2.59. The van der Waals surface area contributed by atoms with E-state index in [1.807, 2.05) is 0 Å². The second kappa shape index (κ2) is 7.87. The molecule has 3 aliphatic carbocycles. The molecule has 0 bridgehead atoms. The van der Waals surface area contributed by atoms with Gasteiger partial charge in [-0.1, -0.05) is 52.0 Å². The number of fused-ring (bicyclic) bond motifs is 1. The summed E-state index contributed by atoms with van der Waals surface area (Å²) in [6, 6.07) is 0. The Morgan fingerprint density at radius 3 is 2.77 bits per heavy atom. The van der Waals surface area contributed by atoms with Crippen molar-refractivity contribution in [3.8, 4) is 0 Å². The Kier molecular flexibility index (Phi) is 5.94. The summed E-state index contributed by atoms with van der Waals surface area (Å²) in [6.45, 7) is 13.9. The molecule has 0 aromatic rings. The first-order chi connectivity index (χ1) is 12.4. The number of allylic oxidation sites excluding steroid dienone is 5. The van der Waals surface area contributed by atoms with E-state index in [1.165, 1.54) is 56.1 Å². The van der Waals surface area contributed by atoms with Crippen LogP contribution in [0.4, 0.5) is 0 Å². The van der Waals surface area contributed by atoms with Gasteiger partial charge >= 0.3 is 0 Å². The Morgan fingerprint density at radius 2 is 2.04 bits per heavy atom. The summed E-state index contributed by atoms with van der Waals surface area (Å²) in [4.78, 5) is 11.0. The van der Waals surface area contributed by atoms with Gasteiger partial charge in [-0.3, -0.25) is 0 Å². The van der Waals surface area contributed by atoms with Crippen LogP contribution in [0.25, 0.3) is 0 Å². The Morgan fingerprint density at radius 1 is 1.27 bits per heavy atom. The zero-order chi connectivity index (χ0) is 18.9. The molecule has 0 spiro atoms. The minimum Gasteiger partial charge on any atom is -0.303 e. The fourth-order valence-corrected chi connectivity index (χ4v) is 6.57. The minimum absolute atomic E-state index is 0.398. The van der Waals surface area contributed by atoms with Gasteiger partial charge < -0.3 is 4.79 Å². The third kappa shape index (κ3) is 3.64. The molecule has 144 valence electrons. The van der Waals surface area contributed by atoms with Crippen LogP contribution in [0.3, 0.4) is 0 Å². The van der Waals surface area contributed by atoms with E-state index in [2.05, 4.69) is 46.4 Å². The summed E-state index contributed by atoms with van der Waals surface area (Å²) in [6.07, 6.45) is 15.7. The second-order valence-electron chi connectivity index (χ2n) is 9.88. The predicted octanol–water partition coefficient (Wildman–Crippen LogP) is 6.90. The van der Waals surface area contributed by atoms with Crippen molar-refractivity contribution in [2.45, 2.75) is 79.1 Å². The molecule has 1 heteroatoms. The predicted molar refractivity (Wildman–Crippen MR) is 111 cm³/mol. The van der Waals surface area contributed by atoms with Gasteiger partial charge in [0, 0.05) is 6.42 Å². The summed E-state index contributed by atoms with van der Waals surface area (Å²) >= 11 is 0. The van der Waals surface area contributed by atoms with E-state index in [0.29, 0.717) is 23.2 Å². The average Bonchev–Trinajstić information content (AvgIpc) is 2.94. The number of carbonyl (C=O) groups excluding carboxylic acids is 1.